The number of esters is 1. The Labute approximate surface area is 159 Å². The number of hydrogen-bond acceptors (Lipinski definition) is 8. The van der Waals surface area contributed by atoms with Crippen LogP contribution in [0.1, 0.15) is 15.9 Å². The first-order valence-corrected chi connectivity index (χ1v) is 9.00. The largest absolute Gasteiger partial charge is 0.465 e. The second kappa shape index (κ2) is 8.45. The number of carbonyl (C=O) groups is 2. The van der Waals surface area contributed by atoms with Crippen molar-refractivity contribution in [2.45, 2.75) is 11.6 Å². The third-order valence-electron chi connectivity index (χ3n) is 3.76. The van der Waals surface area contributed by atoms with E-state index in [9.17, 15) is 9.59 Å². The number of methoxy groups -OCH3 is 1. The fourth-order valence-electron chi connectivity index (χ4n) is 2.46. The van der Waals surface area contributed by atoms with Crippen LogP contribution in [0, 0.1) is 0 Å². The summed E-state index contributed by atoms with van der Waals surface area (Å²) in [7, 11) is 1.31. The highest BCUT2D eigenvalue weighted by atomic mass is 32.2. The van der Waals surface area contributed by atoms with Crippen LogP contribution in [-0.4, -0.2) is 44.5 Å². The number of nitrogens with two attached hydrogens (primary N) is 1. The van der Waals surface area contributed by atoms with Crippen molar-refractivity contribution >= 4 is 23.5 Å². The minimum absolute atomic E-state index is 0.0673. The molecule has 27 heavy (non-hydrogen) atoms. The molecule has 3 aromatic rings. The number of ether oxygens (including phenoxy) is 1. The fourth-order valence-corrected chi connectivity index (χ4v) is 3.18. The molecule has 0 aliphatic carbocycles. The van der Waals surface area contributed by atoms with E-state index in [1.54, 1.807) is 42.7 Å². The second-order valence-electron chi connectivity index (χ2n) is 5.57. The molecule has 0 unspecified atom stereocenters. The maximum atomic E-state index is 12.4. The van der Waals surface area contributed by atoms with Crippen LogP contribution in [0.15, 0.2) is 53.9 Å². The molecular formula is C18H17N5O3S. The van der Waals surface area contributed by atoms with Gasteiger partial charge in [0.1, 0.15) is 5.78 Å². The highest BCUT2D eigenvalue weighted by Gasteiger charge is 2.16. The Morgan fingerprint density at radius 3 is 2.74 bits per heavy atom. The Bertz CT molecular complexity index is 959. The molecule has 0 spiro atoms. The zero-order valence-corrected chi connectivity index (χ0v) is 15.3. The van der Waals surface area contributed by atoms with Gasteiger partial charge in [0, 0.05) is 24.4 Å². The molecule has 0 bridgehead atoms. The monoisotopic (exact) mass is 383 g/mol. The van der Waals surface area contributed by atoms with Gasteiger partial charge in [-0.1, -0.05) is 30.0 Å². The molecule has 9 heteroatoms. The first-order chi connectivity index (χ1) is 13.1. The quantitative estimate of drug-likeness (QED) is 0.373. The maximum Gasteiger partial charge on any atom is 0.338 e. The van der Waals surface area contributed by atoms with Crippen molar-refractivity contribution in [3.63, 3.8) is 0 Å². The average Bonchev–Trinajstić information content (AvgIpc) is 3.07. The Morgan fingerprint density at radius 1 is 1.19 bits per heavy atom. The smallest absolute Gasteiger partial charge is 0.338 e. The number of Topliss-reactive ketones (excluding diaryl/α,β-unsaturated/α-hetero) is 1. The molecule has 0 amide bonds. The lowest BCUT2D eigenvalue weighted by atomic mass is 10.0. The molecule has 0 aliphatic rings. The van der Waals surface area contributed by atoms with Gasteiger partial charge < -0.3 is 10.6 Å². The zero-order valence-electron chi connectivity index (χ0n) is 14.5. The highest BCUT2D eigenvalue weighted by molar-refractivity contribution is 7.99. The molecule has 0 saturated heterocycles. The molecule has 2 N–H and O–H groups in total. The number of aromatic nitrogens is 4. The third kappa shape index (κ3) is 4.32. The Hall–Kier alpha value is -3.20. The molecular weight excluding hydrogens is 366 g/mol. The average molecular weight is 383 g/mol. The number of pyridine rings is 1. The summed E-state index contributed by atoms with van der Waals surface area (Å²) < 4.78 is 6.08. The number of ketones is 1. The van der Waals surface area contributed by atoms with Crippen LogP contribution >= 0.6 is 11.8 Å². The van der Waals surface area contributed by atoms with Crippen molar-refractivity contribution < 1.29 is 14.3 Å². The van der Waals surface area contributed by atoms with Crippen LogP contribution < -0.4 is 5.84 Å². The number of nitrogen functional groups attached to an aromatic ring is 1. The van der Waals surface area contributed by atoms with Gasteiger partial charge in [0.2, 0.25) is 5.16 Å². The van der Waals surface area contributed by atoms with Crippen LogP contribution in [-0.2, 0) is 16.0 Å². The summed E-state index contributed by atoms with van der Waals surface area (Å²) in [5.74, 6) is 6.11. The molecule has 0 fully saturated rings. The zero-order chi connectivity index (χ0) is 19.2. The predicted octanol–water partition coefficient (Wildman–Crippen LogP) is 1.74. The molecule has 8 nitrogen and oxygen atoms in total. The third-order valence-corrected chi connectivity index (χ3v) is 4.76. The van der Waals surface area contributed by atoms with Crippen molar-refractivity contribution in [3.05, 3.63) is 59.9 Å². The number of hydrogen-bond donors (Lipinski definition) is 1. The van der Waals surface area contributed by atoms with Crippen LogP contribution in [0.2, 0.25) is 0 Å². The van der Waals surface area contributed by atoms with E-state index in [4.69, 9.17) is 10.6 Å². The summed E-state index contributed by atoms with van der Waals surface area (Å²) in [6, 6.07) is 10.5. The lowest BCUT2D eigenvalue weighted by molar-refractivity contribution is -0.116. The van der Waals surface area contributed by atoms with E-state index < -0.39 is 5.97 Å². The summed E-state index contributed by atoms with van der Waals surface area (Å²) >= 11 is 1.19. The van der Waals surface area contributed by atoms with E-state index in [1.807, 2.05) is 6.07 Å². The number of rotatable bonds is 7. The number of benzene rings is 1. The summed E-state index contributed by atoms with van der Waals surface area (Å²) in [6.07, 6.45) is 3.41. The highest BCUT2D eigenvalue weighted by Crippen LogP contribution is 2.21. The minimum atomic E-state index is -0.464. The molecule has 0 atom stereocenters. The molecule has 0 aliphatic heterocycles. The Balaban J connectivity index is 1.66. The molecule has 1 aromatic carbocycles. The van der Waals surface area contributed by atoms with E-state index >= 15 is 0 Å². The number of carbonyl (C=O) groups excluding carboxylic acids is 2. The van der Waals surface area contributed by atoms with Gasteiger partial charge in [-0.2, -0.15) is 0 Å². The lowest BCUT2D eigenvalue weighted by Crippen LogP contribution is -2.14. The lowest BCUT2D eigenvalue weighted by Gasteiger charge is -2.07. The maximum absolute atomic E-state index is 12.4. The van der Waals surface area contributed by atoms with Crippen LogP contribution in [0.5, 0.6) is 0 Å². The molecule has 0 saturated carbocycles. The Morgan fingerprint density at radius 2 is 2.00 bits per heavy atom. The summed E-state index contributed by atoms with van der Waals surface area (Å²) in [5.41, 5.74) is 1.75. The topological polar surface area (TPSA) is 113 Å². The van der Waals surface area contributed by atoms with Crippen molar-refractivity contribution in [3.8, 4) is 11.4 Å². The van der Waals surface area contributed by atoms with E-state index in [0.717, 1.165) is 5.56 Å². The summed E-state index contributed by atoms with van der Waals surface area (Å²) in [5, 5.41) is 8.50. The molecule has 0 radical (unpaired) electrons. The van der Waals surface area contributed by atoms with E-state index in [1.165, 1.54) is 23.5 Å². The van der Waals surface area contributed by atoms with E-state index in [2.05, 4.69) is 15.2 Å². The van der Waals surface area contributed by atoms with Crippen LogP contribution in [0.25, 0.3) is 11.4 Å². The molecule has 3 rings (SSSR count). The van der Waals surface area contributed by atoms with Crippen molar-refractivity contribution in [1.82, 2.24) is 19.9 Å². The normalized spacial score (nSPS) is 10.6. The second-order valence-corrected chi connectivity index (χ2v) is 6.51. The molecule has 2 aromatic heterocycles. The van der Waals surface area contributed by atoms with Crippen molar-refractivity contribution in [2.75, 3.05) is 18.7 Å². The van der Waals surface area contributed by atoms with Crippen molar-refractivity contribution in [2.24, 2.45) is 0 Å². The Kier molecular flexibility index (Phi) is 5.82. The minimum Gasteiger partial charge on any atom is -0.465 e. The molecule has 2 heterocycles. The first kappa shape index (κ1) is 18.6. The van der Waals surface area contributed by atoms with Crippen LogP contribution in [0.3, 0.4) is 0 Å². The van der Waals surface area contributed by atoms with Gasteiger partial charge in [-0.3, -0.25) is 9.78 Å². The number of thioether (sulfide) groups is 1. The SMILES string of the molecule is COC(=O)c1ccccc1CC(=O)CSc1nnc(-c2cccnc2)n1N. The van der Waals surface area contributed by atoms with Crippen LogP contribution in [0.4, 0.5) is 0 Å². The fraction of sp³-hybridized carbons (Fsp3) is 0.167. The first-order valence-electron chi connectivity index (χ1n) is 8.01. The van der Waals surface area contributed by atoms with Gasteiger partial charge in [-0.05, 0) is 23.8 Å². The predicted molar refractivity (Wildman–Crippen MR) is 101 cm³/mol. The van der Waals surface area contributed by atoms with Gasteiger partial charge in [0.15, 0.2) is 5.82 Å². The van der Waals surface area contributed by atoms with E-state index in [0.29, 0.717) is 22.1 Å². The van der Waals surface area contributed by atoms with Crippen molar-refractivity contribution in [1.29, 1.82) is 0 Å². The summed E-state index contributed by atoms with van der Waals surface area (Å²) in [6.45, 7) is 0. The van der Waals surface area contributed by atoms with Gasteiger partial charge >= 0.3 is 5.97 Å². The summed E-state index contributed by atoms with van der Waals surface area (Å²) in [4.78, 5) is 28.2. The standard InChI is InChI=1S/C18H17N5O3S/c1-26-17(25)15-7-3-2-5-12(15)9-14(24)11-27-18-22-21-16(23(18)19)13-6-4-8-20-10-13/h2-8,10H,9,11,19H2,1H3. The van der Waals surface area contributed by atoms with Gasteiger partial charge in [-0.15, -0.1) is 10.2 Å². The van der Waals surface area contributed by atoms with E-state index in [-0.39, 0.29) is 18.0 Å². The molecule has 138 valence electrons. The van der Waals surface area contributed by atoms with Gasteiger partial charge in [-0.25, -0.2) is 9.47 Å². The van der Waals surface area contributed by atoms with Gasteiger partial charge in [0.05, 0.1) is 18.4 Å². The van der Waals surface area contributed by atoms with Gasteiger partial charge in [0.25, 0.3) is 0 Å². The number of nitrogens with zero attached hydrogens (tertiary/aromatic N) is 4.